The van der Waals surface area contributed by atoms with E-state index >= 15 is 0 Å². The molecule has 0 bridgehead atoms. The SMILES string of the molecule is CCNC(=O)c1ccc(C)c(NC(=O)Cc2cc(F)ccc2F)c1. The number of halogens is 2. The van der Waals surface area contributed by atoms with Gasteiger partial charge in [-0.05, 0) is 49.7 Å². The van der Waals surface area contributed by atoms with E-state index in [0.717, 1.165) is 23.8 Å². The Morgan fingerprint density at radius 3 is 2.54 bits per heavy atom. The van der Waals surface area contributed by atoms with Crippen LogP contribution in [0.2, 0.25) is 0 Å². The fourth-order valence-electron chi connectivity index (χ4n) is 2.21. The molecular weight excluding hydrogens is 314 g/mol. The molecule has 2 aromatic rings. The van der Waals surface area contributed by atoms with E-state index in [9.17, 15) is 18.4 Å². The molecule has 0 heterocycles. The molecule has 24 heavy (non-hydrogen) atoms. The van der Waals surface area contributed by atoms with Gasteiger partial charge in [0, 0.05) is 23.4 Å². The second-order valence-electron chi connectivity index (χ2n) is 5.35. The third kappa shape index (κ3) is 4.38. The first-order valence-corrected chi connectivity index (χ1v) is 7.53. The van der Waals surface area contributed by atoms with E-state index in [1.54, 1.807) is 25.1 Å². The highest BCUT2D eigenvalue weighted by atomic mass is 19.1. The van der Waals surface area contributed by atoms with Gasteiger partial charge in [0.15, 0.2) is 0 Å². The fourth-order valence-corrected chi connectivity index (χ4v) is 2.21. The van der Waals surface area contributed by atoms with Crippen molar-refractivity contribution >= 4 is 17.5 Å². The minimum Gasteiger partial charge on any atom is -0.352 e. The van der Waals surface area contributed by atoms with Crippen LogP contribution in [0.4, 0.5) is 14.5 Å². The fraction of sp³-hybridized carbons (Fsp3) is 0.222. The van der Waals surface area contributed by atoms with Gasteiger partial charge in [-0.2, -0.15) is 0 Å². The molecular formula is C18H18F2N2O2. The lowest BCUT2D eigenvalue weighted by Gasteiger charge is -2.11. The molecule has 0 radical (unpaired) electrons. The Morgan fingerprint density at radius 2 is 1.83 bits per heavy atom. The van der Waals surface area contributed by atoms with Gasteiger partial charge in [0.25, 0.3) is 5.91 Å². The highest BCUT2D eigenvalue weighted by Gasteiger charge is 2.12. The third-order valence-electron chi connectivity index (χ3n) is 3.47. The maximum absolute atomic E-state index is 13.6. The zero-order chi connectivity index (χ0) is 17.7. The molecule has 0 aliphatic heterocycles. The van der Waals surface area contributed by atoms with Crippen LogP contribution in [0.25, 0.3) is 0 Å². The number of hydrogen-bond acceptors (Lipinski definition) is 2. The van der Waals surface area contributed by atoms with Gasteiger partial charge in [-0.3, -0.25) is 9.59 Å². The number of nitrogens with one attached hydrogen (secondary N) is 2. The van der Waals surface area contributed by atoms with Crippen LogP contribution >= 0.6 is 0 Å². The summed E-state index contributed by atoms with van der Waals surface area (Å²) >= 11 is 0. The van der Waals surface area contributed by atoms with Gasteiger partial charge in [0.2, 0.25) is 5.91 Å². The Morgan fingerprint density at radius 1 is 1.08 bits per heavy atom. The van der Waals surface area contributed by atoms with Gasteiger partial charge < -0.3 is 10.6 Å². The Hall–Kier alpha value is -2.76. The topological polar surface area (TPSA) is 58.2 Å². The summed E-state index contributed by atoms with van der Waals surface area (Å²) in [5.41, 5.74) is 1.61. The molecule has 6 heteroatoms. The first-order valence-electron chi connectivity index (χ1n) is 7.53. The molecule has 0 aliphatic carbocycles. The number of anilines is 1. The van der Waals surface area contributed by atoms with Crippen LogP contribution in [0.15, 0.2) is 36.4 Å². The van der Waals surface area contributed by atoms with Crippen LogP contribution in [-0.4, -0.2) is 18.4 Å². The number of amides is 2. The lowest BCUT2D eigenvalue weighted by molar-refractivity contribution is -0.115. The van der Waals surface area contributed by atoms with E-state index in [4.69, 9.17) is 0 Å². The van der Waals surface area contributed by atoms with Gasteiger partial charge in [0.05, 0.1) is 6.42 Å². The second kappa shape index (κ2) is 7.68. The van der Waals surface area contributed by atoms with Crippen molar-refractivity contribution in [1.29, 1.82) is 0 Å². The molecule has 4 nitrogen and oxygen atoms in total. The van der Waals surface area contributed by atoms with Crippen LogP contribution in [0.1, 0.15) is 28.4 Å². The van der Waals surface area contributed by atoms with E-state index < -0.39 is 17.5 Å². The zero-order valence-electron chi connectivity index (χ0n) is 13.5. The van der Waals surface area contributed by atoms with Crippen molar-refractivity contribution in [3.63, 3.8) is 0 Å². The second-order valence-corrected chi connectivity index (χ2v) is 5.35. The van der Waals surface area contributed by atoms with Crippen molar-refractivity contribution in [1.82, 2.24) is 5.32 Å². The summed E-state index contributed by atoms with van der Waals surface area (Å²) in [5.74, 6) is -1.98. The largest absolute Gasteiger partial charge is 0.352 e. The van der Waals surface area contributed by atoms with E-state index in [1.165, 1.54) is 0 Å². The van der Waals surface area contributed by atoms with E-state index in [1.807, 2.05) is 6.92 Å². The predicted octanol–water partition coefficient (Wildman–Crippen LogP) is 3.20. The summed E-state index contributed by atoms with van der Waals surface area (Å²) < 4.78 is 26.8. The van der Waals surface area contributed by atoms with Crippen LogP contribution in [-0.2, 0) is 11.2 Å². The molecule has 0 fully saturated rings. The average molecular weight is 332 g/mol. The van der Waals surface area contributed by atoms with Crippen molar-refractivity contribution in [3.05, 3.63) is 64.7 Å². The number of carbonyl (C=O) groups excluding carboxylic acids is 2. The van der Waals surface area contributed by atoms with Crippen LogP contribution in [0, 0.1) is 18.6 Å². The van der Waals surface area contributed by atoms with Crippen molar-refractivity contribution in [3.8, 4) is 0 Å². The third-order valence-corrected chi connectivity index (χ3v) is 3.47. The molecule has 2 rings (SSSR count). The maximum Gasteiger partial charge on any atom is 0.251 e. The molecule has 2 aromatic carbocycles. The highest BCUT2D eigenvalue weighted by Crippen LogP contribution is 2.18. The number of benzene rings is 2. The van der Waals surface area contributed by atoms with Gasteiger partial charge in [-0.1, -0.05) is 6.07 Å². The number of hydrogen-bond donors (Lipinski definition) is 2. The summed E-state index contributed by atoms with van der Waals surface area (Å²) in [7, 11) is 0. The molecule has 0 aliphatic rings. The number of carbonyl (C=O) groups is 2. The minimum atomic E-state index is -0.639. The van der Waals surface area contributed by atoms with E-state index in [2.05, 4.69) is 10.6 Å². The molecule has 0 saturated carbocycles. The standard InChI is InChI=1S/C18H18F2N2O2/c1-3-21-18(24)12-5-4-11(2)16(9-12)22-17(23)10-13-8-14(19)6-7-15(13)20/h4-9H,3,10H2,1-2H3,(H,21,24)(H,22,23). The first kappa shape index (κ1) is 17.6. The molecule has 0 unspecified atom stereocenters. The summed E-state index contributed by atoms with van der Waals surface area (Å²) in [6.07, 6.45) is -0.297. The molecule has 0 spiro atoms. The summed E-state index contributed by atoms with van der Waals surface area (Å²) in [4.78, 5) is 24.0. The first-order chi connectivity index (χ1) is 11.4. The lowest BCUT2D eigenvalue weighted by Crippen LogP contribution is -2.23. The zero-order valence-corrected chi connectivity index (χ0v) is 13.5. The van der Waals surface area contributed by atoms with Crippen molar-refractivity contribution in [2.45, 2.75) is 20.3 Å². The Labute approximate surface area is 138 Å². The van der Waals surface area contributed by atoms with Crippen LogP contribution in [0.3, 0.4) is 0 Å². The predicted molar refractivity (Wildman–Crippen MR) is 87.9 cm³/mol. The molecule has 0 atom stereocenters. The molecule has 2 N–H and O–H groups in total. The van der Waals surface area contributed by atoms with E-state index in [-0.39, 0.29) is 17.9 Å². The number of rotatable bonds is 5. The maximum atomic E-state index is 13.6. The van der Waals surface area contributed by atoms with Gasteiger partial charge in [-0.25, -0.2) is 8.78 Å². The van der Waals surface area contributed by atoms with E-state index in [0.29, 0.717) is 17.8 Å². The Bertz CT molecular complexity index is 776. The smallest absolute Gasteiger partial charge is 0.251 e. The quantitative estimate of drug-likeness (QED) is 0.883. The van der Waals surface area contributed by atoms with Gasteiger partial charge in [-0.15, -0.1) is 0 Å². The Kier molecular flexibility index (Phi) is 5.63. The monoisotopic (exact) mass is 332 g/mol. The van der Waals surface area contributed by atoms with Gasteiger partial charge >= 0.3 is 0 Å². The molecule has 2 amide bonds. The van der Waals surface area contributed by atoms with Crippen molar-refractivity contribution < 1.29 is 18.4 Å². The molecule has 126 valence electrons. The van der Waals surface area contributed by atoms with Crippen molar-refractivity contribution in [2.24, 2.45) is 0 Å². The van der Waals surface area contributed by atoms with Crippen molar-refractivity contribution in [2.75, 3.05) is 11.9 Å². The summed E-state index contributed by atoms with van der Waals surface area (Å²) in [5, 5.41) is 5.31. The lowest BCUT2D eigenvalue weighted by atomic mass is 10.1. The highest BCUT2D eigenvalue weighted by molar-refractivity contribution is 5.98. The average Bonchev–Trinajstić information content (AvgIpc) is 2.53. The van der Waals surface area contributed by atoms with Crippen LogP contribution in [0.5, 0.6) is 0 Å². The van der Waals surface area contributed by atoms with Crippen LogP contribution < -0.4 is 10.6 Å². The Balaban J connectivity index is 2.15. The summed E-state index contributed by atoms with van der Waals surface area (Å²) in [6, 6.07) is 7.90. The van der Waals surface area contributed by atoms with Gasteiger partial charge in [0.1, 0.15) is 11.6 Å². The minimum absolute atomic E-state index is 0.0231. The molecule has 0 saturated heterocycles. The normalized spacial score (nSPS) is 10.3. The summed E-state index contributed by atoms with van der Waals surface area (Å²) in [6.45, 7) is 4.08. The number of aryl methyl sites for hydroxylation is 1. The molecule has 0 aromatic heterocycles.